The third-order valence-corrected chi connectivity index (χ3v) is 3.19. The average Bonchev–Trinajstić information content (AvgIpc) is 2.41. The van der Waals surface area contributed by atoms with Gasteiger partial charge in [-0.3, -0.25) is 4.79 Å². The minimum Gasteiger partial charge on any atom is -0.481 e. The van der Waals surface area contributed by atoms with Gasteiger partial charge in [-0.1, -0.05) is 19.8 Å². The molecule has 1 aliphatic rings. The molecule has 0 radical (unpaired) electrons. The van der Waals surface area contributed by atoms with Crippen LogP contribution in [0.5, 0.6) is 0 Å². The van der Waals surface area contributed by atoms with Crippen LogP contribution in [0.1, 0.15) is 32.6 Å². The third kappa shape index (κ3) is 11.2. The zero-order valence-corrected chi connectivity index (χ0v) is 13.2. The van der Waals surface area contributed by atoms with Gasteiger partial charge < -0.3 is 25.8 Å². The molecule has 0 amide bonds. The highest BCUT2D eigenvalue weighted by Crippen LogP contribution is 2.30. The molecule has 0 aromatic heterocycles. The van der Waals surface area contributed by atoms with E-state index in [4.69, 9.17) is 15.2 Å². The number of hydrogen-bond acceptors (Lipinski definition) is 5. The summed E-state index contributed by atoms with van der Waals surface area (Å²) >= 11 is 0. The van der Waals surface area contributed by atoms with Gasteiger partial charge in [0.2, 0.25) is 0 Å². The van der Waals surface area contributed by atoms with E-state index in [9.17, 15) is 4.79 Å². The summed E-state index contributed by atoms with van der Waals surface area (Å²) in [5, 5.41) is 24.8. The fourth-order valence-corrected chi connectivity index (χ4v) is 2.22. The topological polar surface area (TPSA) is 107 Å². The van der Waals surface area contributed by atoms with Crippen molar-refractivity contribution in [1.29, 1.82) is 0 Å². The number of aliphatic carboxylic acids is 1. The van der Waals surface area contributed by atoms with Crippen molar-refractivity contribution in [3.63, 3.8) is 0 Å². The SMILES string of the molecule is CCB(O)O.CN.CN(C)CC1CCCCC1C(=O)O. The Morgan fingerprint density at radius 2 is 1.70 bits per heavy atom. The monoisotopic (exact) mass is 290 g/mol. The molecule has 0 aliphatic heterocycles. The number of nitrogens with zero attached hydrogens (tertiary/aromatic N) is 1. The summed E-state index contributed by atoms with van der Waals surface area (Å²) in [6.07, 6.45) is 4.65. The number of carbonyl (C=O) groups is 1. The van der Waals surface area contributed by atoms with Crippen molar-refractivity contribution in [2.24, 2.45) is 17.6 Å². The minimum atomic E-state index is -1.12. The van der Waals surface area contributed by atoms with Gasteiger partial charge in [0.25, 0.3) is 0 Å². The molecule has 0 saturated heterocycles. The fraction of sp³-hybridized carbons (Fsp3) is 0.923. The van der Waals surface area contributed by atoms with E-state index in [1.165, 1.54) is 13.5 Å². The second kappa shape index (κ2) is 13.4. The Morgan fingerprint density at radius 1 is 1.25 bits per heavy atom. The van der Waals surface area contributed by atoms with E-state index >= 15 is 0 Å². The Labute approximate surface area is 123 Å². The Bertz CT molecular complexity index is 240. The first-order valence-corrected chi connectivity index (χ1v) is 7.19. The highest BCUT2D eigenvalue weighted by atomic mass is 16.4. The van der Waals surface area contributed by atoms with Gasteiger partial charge in [0, 0.05) is 6.54 Å². The first-order valence-electron chi connectivity index (χ1n) is 7.19. The molecule has 5 N–H and O–H groups in total. The predicted molar refractivity (Wildman–Crippen MR) is 82.4 cm³/mol. The van der Waals surface area contributed by atoms with Gasteiger partial charge in [0.05, 0.1) is 5.92 Å². The largest absolute Gasteiger partial charge is 0.481 e. The molecule has 2 unspecified atom stereocenters. The standard InChI is InChI=1S/C10H19NO2.C2H7BO2.CH5N/c1-11(2)7-8-5-3-4-6-9(8)10(12)13;1-2-3(4)5;1-2/h8-9H,3-7H2,1-2H3,(H,12,13);4-5H,2H2,1H3;2H2,1H3. The molecule has 6 nitrogen and oxygen atoms in total. The first-order chi connectivity index (χ1) is 9.38. The number of carboxylic acid groups (broad SMARTS) is 1. The van der Waals surface area contributed by atoms with E-state index in [1.807, 2.05) is 14.1 Å². The van der Waals surface area contributed by atoms with Crippen molar-refractivity contribution in [2.75, 3.05) is 27.7 Å². The van der Waals surface area contributed by atoms with Crippen LogP contribution in [0.15, 0.2) is 0 Å². The summed E-state index contributed by atoms with van der Waals surface area (Å²) in [5.41, 5.74) is 4.50. The van der Waals surface area contributed by atoms with Crippen LogP contribution in [-0.4, -0.2) is 60.8 Å². The highest BCUT2D eigenvalue weighted by Gasteiger charge is 2.30. The normalized spacial score (nSPS) is 21.2. The van der Waals surface area contributed by atoms with Gasteiger partial charge in [-0.2, -0.15) is 0 Å². The third-order valence-electron chi connectivity index (χ3n) is 3.19. The molecule has 2 atom stereocenters. The van der Waals surface area contributed by atoms with E-state index < -0.39 is 13.1 Å². The lowest BCUT2D eigenvalue weighted by atomic mass is 9.79. The summed E-state index contributed by atoms with van der Waals surface area (Å²) in [5.74, 6) is -0.344. The highest BCUT2D eigenvalue weighted by molar-refractivity contribution is 6.40. The summed E-state index contributed by atoms with van der Waals surface area (Å²) in [4.78, 5) is 13.0. The van der Waals surface area contributed by atoms with Crippen molar-refractivity contribution < 1.29 is 19.9 Å². The molecular weight excluding hydrogens is 259 g/mol. The fourth-order valence-electron chi connectivity index (χ4n) is 2.22. The molecule has 0 aromatic carbocycles. The molecule has 7 heteroatoms. The lowest BCUT2D eigenvalue weighted by Gasteiger charge is -2.30. The summed E-state index contributed by atoms with van der Waals surface area (Å²) < 4.78 is 0. The average molecular weight is 290 g/mol. The Morgan fingerprint density at radius 3 is 2.05 bits per heavy atom. The van der Waals surface area contributed by atoms with Crippen LogP contribution in [0.3, 0.4) is 0 Å². The molecular formula is C13H31BN2O4. The van der Waals surface area contributed by atoms with Crippen LogP contribution in [0.2, 0.25) is 6.32 Å². The zero-order valence-electron chi connectivity index (χ0n) is 13.2. The Balaban J connectivity index is 0. The quantitative estimate of drug-likeness (QED) is 0.561. The maximum absolute atomic E-state index is 10.9. The molecule has 120 valence electrons. The van der Waals surface area contributed by atoms with Crippen molar-refractivity contribution in [1.82, 2.24) is 4.90 Å². The number of nitrogens with two attached hydrogens (primary N) is 1. The molecule has 0 aromatic rings. The lowest BCUT2D eigenvalue weighted by Crippen LogP contribution is -2.34. The van der Waals surface area contributed by atoms with Gasteiger partial charge in [0.15, 0.2) is 0 Å². The summed E-state index contributed by atoms with van der Waals surface area (Å²) in [6, 6.07) is 0. The lowest BCUT2D eigenvalue weighted by molar-refractivity contribution is -0.145. The molecule has 1 aliphatic carbocycles. The van der Waals surface area contributed by atoms with E-state index in [0.717, 1.165) is 25.8 Å². The molecule has 20 heavy (non-hydrogen) atoms. The molecule has 0 spiro atoms. The van der Waals surface area contributed by atoms with Gasteiger partial charge >= 0.3 is 13.1 Å². The van der Waals surface area contributed by atoms with Crippen molar-refractivity contribution >= 4 is 13.1 Å². The van der Waals surface area contributed by atoms with E-state index in [-0.39, 0.29) is 5.92 Å². The van der Waals surface area contributed by atoms with E-state index in [1.54, 1.807) is 6.92 Å². The maximum atomic E-state index is 10.9. The van der Waals surface area contributed by atoms with Crippen LogP contribution in [-0.2, 0) is 4.79 Å². The Kier molecular flexibility index (Phi) is 14.5. The first kappa shape index (κ1) is 21.7. The van der Waals surface area contributed by atoms with Crippen LogP contribution in [0, 0.1) is 11.8 Å². The van der Waals surface area contributed by atoms with Crippen LogP contribution in [0.25, 0.3) is 0 Å². The Hall–Kier alpha value is -0.625. The van der Waals surface area contributed by atoms with Gasteiger partial charge in [-0.05, 0) is 46.2 Å². The summed E-state index contributed by atoms with van der Waals surface area (Å²) in [6.45, 7) is 2.61. The summed E-state index contributed by atoms with van der Waals surface area (Å²) in [7, 11) is 4.40. The van der Waals surface area contributed by atoms with Gasteiger partial charge in [0.1, 0.15) is 0 Å². The van der Waals surface area contributed by atoms with Gasteiger partial charge in [-0.15, -0.1) is 0 Å². The second-order valence-electron chi connectivity index (χ2n) is 5.14. The zero-order chi connectivity index (χ0) is 16.1. The predicted octanol–water partition coefficient (Wildman–Crippen LogP) is 0.493. The maximum Gasteiger partial charge on any atom is 0.451 e. The van der Waals surface area contributed by atoms with Crippen LogP contribution < -0.4 is 5.73 Å². The number of rotatable bonds is 4. The smallest absolute Gasteiger partial charge is 0.451 e. The van der Waals surface area contributed by atoms with Gasteiger partial charge in [-0.25, -0.2) is 0 Å². The second-order valence-corrected chi connectivity index (χ2v) is 5.14. The van der Waals surface area contributed by atoms with Crippen LogP contribution >= 0.6 is 0 Å². The van der Waals surface area contributed by atoms with E-state index in [0.29, 0.717) is 12.2 Å². The molecule has 1 fully saturated rings. The minimum absolute atomic E-state index is 0.101. The molecule has 0 heterocycles. The number of carboxylic acids is 1. The molecule has 0 bridgehead atoms. The molecule has 1 rings (SSSR count). The number of hydrogen-bond donors (Lipinski definition) is 4. The van der Waals surface area contributed by atoms with Crippen LogP contribution in [0.4, 0.5) is 0 Å². The van der Waals surface area contributed by atoms with Crippen molar-refractivity contribution in [3.05, 3.63) is 0 Å². The molecule has 1 saturated carbocycles. The van der Waals surface area contributed by atoms with Crippen molar-refractivity contribution in [2.45, 2.75) is 38.9 Å². The van der Waals surface area contributed by atoms with E-state index in [2.05, 4.69) is 10.6 Å². The van der Waals surface area contributed by atoms with Crippen molar-refractivity contribution in [3.8, 4) is 0 Å².